The van der Waals surface area contributed by atoms with E-state index in [9.17, 15) is 37.5 Å². The van der Waals surface area contributed by atoms with Crippen molar-refractivity contribution in [3.8, 4) is 29.0 Å². The molecule has 2 saturated heterocycles. The maximum atomic E-state index is 13.9. The summed E-state index contributed by atoms with van der Waals surface area (Å²) in [5.74, 6) is -1.35. The number of carbonyl (C=O) groups is 4. The summed E-state index contributed by atoms with van der Waals surface area (Å²) in [5.41, 5.74) is -0.752. The molecule has 2 aliphatic heterocycles. The van der Waals surface area contributed by atoms with E-state index >= 15 is 0 Å². The summed E-state index contributed by atoms with van der Waals surface area (Å²) in [5, 5.41) is 34.2. The van der Waals surface area contributed by atoms with Crippen molar-refractivity contribution in [1.29, 1.82) is 10.5 Å². The second-order valence-corrected chi connectivity index (χ2v) is 18.4. The second-order valence-electron chi connectivity index (χ2n) is 18.0. The molecule has 2 aliphatic rings. The van der Waals surface area contributed by atoms with Gasteiger partial charge in [-0.05, 0) is 103 Å². The number of likely N-dealkylation sites (tertiary alicyclic amines) is 1. The molecule has 15 nitrogen and oxygen atoms in total. The number of carbonyl (C=O) groups excluding carboxylic acids is 4. The highest BCUT2D eigenvalue weighted by atomic mass is 32.1. The van der Waals surface area contributed by atoms with Gasteiger partial charge in [0.15, 0.2) is 10.8 Å². The average Bonchev–Trinajstić information content (AvgIpc) is 3.78. The number of nitrogens with zero attached hydrogens (tertiary/aromatic N) is 6. The molecule has 4 aromatic rings. The predicted molar refractivity (Wildman–Crippen MR) is 249 cm³/mol. The van der Waals surface area contributed by atoms with Crippen LogP contribution in [0.4, 0.5) is 24.5 Å². The zero-order valence-electron chi connectivity index (χ0n) is 38.1. The molecule has 1 unspecified atom stereocenters. The van der Waals surface area contributed by atoms with Crippen LogP contribution in [-0.2, 0) is 36.6 Å². The lowest BCUT2D eigenvalue weighted by Crippen LogP contribution is -2.58. The van der Waals surface area contributed by atoms with Crippen molar-refractivity contribution in [2.24, 2.45) is 5.41 Å². The number of ether oxygens (including phenoxy) is 2. The van der Waals surface area contributed by atoms with Crippen molar-refractivity contribution in [2.45, 2.75) is 90.3 Å². The molecule has 1 aromatic heterocycles. The third kappa shape index (κ3) is 11.6. The minimum atomic E-state index is -4.87. The fraction of sp³-hybridized carbons (Fsp3) is 0.388. The molecule has 3 heterocycles. The van der Waals surface area contributed by atoms with Gasteiger partial charge in [0.1, 0.15) is 36.0 Å². The second kappa shape index (κ2) is 20.9. The van der Waals surface area contributed by atoms with Crippen LogP contribution >= 0.6 is 12.2 Å². The Labute approximate surface area is 397 Å². The summed E-state index contributed by atoms with van der Waals surface area (Å²) < 4.78 is 52.6. The van der Waals surface area contributed by atoms with Gasteiger partial charge in [0.2, 0.25) is 17.7 Å². The number of aliphatic hydroxyl groups excluding tert-OH is 1. The number of thiocarbonyl (C=S) groups is 1. The van der Waals surface area contributed by atoms with Crippen LogP contribution < -0.4 is 25.2 Å². The molecule has 2 fully saturated rings. The molecular weight excluding hydrogens is 902 g/mol. The third-order valence-electron chi connectivity index (χ3n) is 11.5. The molecule has 19 heteroatoms. The first-order valence-corrected chi connectivity index (χ1v) is 22.2. The normalized spacial score (nSPS) is 17.4. The lowest BCUT2D eigenvalue weighted by Gasteiger charge is -2.35. The lowest BCUT2D eigenvalue weighted by molar-refractivity contribution is -0.144. The number of amides is 4. The van der Waals surface area contributed by atoms with Gasteiger partial charge >= 0.3 is 6.18 Å². The molecule has 0 saturated carbocycles. The number of aliphatic hydroxyl groups is 1. The summed E-state index contributed by atoms with van der Waals surface area (Å²) in [6.07, 6.45) is -3.49. The first-order chi connectivity index (χ1) is 32.1. The highest BCUT2D eigenvalue weighted by Gasteiger charge is 2.51. The highest BCUT2D eigenvalue weighted by Crippen LogP contribution is 2.40. The summed E-state index contributed by atoms with van der Waals surface area (Å²) in [6, 6.07) is 23.6. The number of aromatic nitrogens is 1. The Morgan fingerprint density at radius 2 is 1.57 bits per heavy atom. The van der Waals surface area contributed by atoms with Crippen LogP contribution in [0.15, 0.2) is 85.1 Å². The first-order valence-electron chi connectivity index (χ1n) is 21.8. The maximum absolute atomic E-state index is 13.9. The number of pyridine rings is 1. The standard InChI is InChI=1S/C49H51F3N8O7S/c1-47(2,3)42(44(64)58-28-36(61)23-40(58)43(63)56-26-31-10-8-30(24-53)9-11-31)57-41(62)29-66-20-6-7-21-67-37-18-14-33(15-19-37)32-12-16-34(17-13-32)60-46(68)59(45(65)48(60,4)5)35-22-38(49(50,51)52)39(25-54)55-27-35/h8-19,22,27,36,40,42,61H,6-7,20-21,23,26,28-29H2,1-5H3,(H,56,63)(H,57,62)/t36-,40+,42?/m1/s1. The summed E-state index contributed by atoms with van der Waals surface area (Å²) in [7, 11) is 0. The van der Waals surface area contributed by atoms with Crippen LogP contribution in [0.5, 0.6) is 5.75 Å². The van der Waals surface area contributed by atoms with Gasteiger partial charge in [-0.3, -0.25) is 24.1 Å². The first kappa shape index (κ1) is 50.5. The SMILES string of the molecule is CC(C)(C)C(NC(=O)COCCCCOc1ccc(-c2ccc(N3C(=S)N(c4cnc(C#N)c(C(F)(F)F)c4)C(=O)C3(C)C)cc2)cc1)C(=O)N1C[C@H](O)C[C@H]1C(=O)NCc1ccc(C#N)cc1. The summed E-state index contributed by atoms with van der Waals surface area (Å²) >= 11 is 5.63. The molecule has 0 bridgehead atoms. The fourth-order valence-electron chi connectivity index (χ4n) is 7.87. The van der Waals surface area contributed by atoms with Crippen molar-refractivity contribution in [3.05, 3.63) is 107 Å². The van der Waals surface area contributed by atoms with E-state index in [1.54, 1.807) is 75.9 Å². The number of halogens is 3. The zero-order valence-corrected chi connectivity index (χ0v) is 38.9. The Balaban J connectivity index is 0.942. The van der Waals surface area contributed by atoms with E-state index in [4.69, 9.17) is 32.2 Å². The van der Waals surface area contributed by atoms with Gasteiger partial charge in [-0.25, -0.2) is 4.98 Å². The van der Waals surface area contributed by atoms with Gasteiger partial charge in [-0.2, -0.15) is 23.7 Å². The Bertz CT molecular complexity index is 2610. The Hall–Kier alpha value is -6.93. The molecule has 0 spiro atoms. The van der Waals surface area contributed by atoms with Gasteiger partial charge in [0.25, 0.3) is 5.91 Å². The molecule has 3 aromatic carbocycles. The van der Waals surface area contributed by atoms with Crippen molar-refractivity contribution < 1.29 is 46.9 Å². The molecule has 3 atom stereocenters. The maximum Gasteiger partial charge on any atom is 0.419 e. The number of β-amino-alcohol motifs (C(OH)–C–C–N with tert-alkyl or cyclic N) is 1. The van der Waals surface area contributed by atoms with Gasteiger partial charge in [0.05, 0.1) is 41.8 Å². The highest BCUT2D eigenvalue weighted by molar-refractivity contribution is 7.81. The largest absolute Gasteiger partial charge is 0.494 e. The van der Waals surface area contributed by atoms with Crippen LogP contribution in [0.25, 0.3) is 11.1 Å². The smallest absolute Gasteiger partial charge is 0.419 e. The predicted octanol–water partition coefficient (Wildman–Crippen LogP) is 6.41. The zero-order chi connectivity index (χ0) is 49.6. The van der Waals surface area contributed by atoms with Gasteiger partial charge in [-0.1, -0.05) is 57.2 Å². The van der Waals surface area contributed by atoms with Crippen LogP contribution in [0.2, 0.25) is 0 Å². The molecule has 0 radical (unpaired) electrons. The monoisotopic (exact) mass is 952 g/mol. The molecule has 356 valence electrons. The van der Waals surface area contributed by atoms with Crippen LogP contribution in [-0.4, -0.2) is 93.8 Å². The minimum Gasteiger partial charge on any atom is -0.494 e. The van der Waals surface area contributed by atoms with E-state index < -0.39 is 70.2 Å². The van der Waals surface area contributed by atoms with Crippen LogP contribution in [0.1, 0.15) is 76.3 Å². The van der Waals surface area contributed by atoms with Crippen molar-refractivity contribution >= 4 is 52.3 Å². The molecule has 3 N–H and O–H groups in total. The Morgan fingerprint density at radius 1 is 0.941 bits per heavy atom. The van der Waals surface area contributed by atoms with Gasteiger partial charge < -0.3 is 35.0 Å². The summed E-state index contributed by atoms with van der Waals surface area (Å²) in [4.78, 5) is 61.2. The Kier molecular flexibility index (Phi) is 15.5. The van der Waals surface area contributed by atoms with E-state index in [2.05, 4.69) is 15.6 Å². The number of benzene rings is 3. The fourth-order valence-corrected chi connectivity index (χ4v) is 8.39. The van der Waals surface area contributed by atoms with Crippen molar-refractivity contribution in [1.82, 2.24) is 20.5 Å². The number of nitriles is 2. The number of rotatable bonds is 16. The van der Waals surface area contributed by atoms with Gasteiger partial charge in [-0.15, -0.1) is 0 Å². The quantitative estimate of drug-likeness (QED) is 0.0825. The number of hydrogen-bond acceptors (Lipinski definition) is 11. The molecular formula is C49H51F3N8O7S. The molecule has 4 amide bonds. The molecule has 6 rings (SSSR count). The number of unbranched alkanes of at least 4 members (excludes halogenated alkanes) is 1. The van der Waals surface area contributed by atoms with Crippen molar-refractivity contribution in [3.63, 3.8) is 0 Å². The van der Waals surface area contributed by atoms with E-state index in [1.807, 2.05) is 42.5 Å². The number of hydrogen-bond donors (Lipinski definition) is 3. The third-order valence-corrected chi connectivity index (χ3v) is 11.9. The van der Waals surface area contributed by atoms with Crippen molar-refractivity contribution in [2.75, 3.05) is 36.2 Å². The topological polar surface area (TPSA) is 201 Å². The molecule has 0 aliphatic carbocycles. The Morgan fingerprint density at radius 3 is 2.18 bits per heavy atom. The van der Waals surface area contributed by atoms with E-state index in [0.717, 1.165) is 27.8 Å². The number of alkyl halides is 3. The summed E-state index contributed by atoms with van der Waals surface area (Å²) in [6.45, 7) is 9.09. The number of anilines is 2. The average molecular weight is 953 g/mol. The van der Waals surface area contributed by atoms with Crippen LogP contribution in [0.3, 0.4) is 0 Å². The van der Waals surface area contributed by atoms with Gasteiger partial charge in [0, 0.05) is 31.8 Å². The minimum absolute atomic E-state index is 0.0401. The van der Waals surface area contributed by atoms with E-state index in [1.165, 1.54) is 11.0 Å². The molecule has 68 heavy (non-hydrogen) atoms. The van der Waals surface area contributed by atoms with E-state index in [0.29, 0.717) is 42.5 Å². The number of nitrogens with one attached hydrogen (secondary N) is 2. The van der Waals surface area contributed by atoms with Crippen LogP contribution in [0, 0.1) is 28.1 Å². The van der Waals surface area contributed by atoms with E-state index in [-0.39, 0.29) is 43.5 Å². The lowest BCUT2D eigenvalue weighted by atomic mass is 9.85.